The molecule has 144 valence electrons. The minimum Gasteiger partial charge on any atom is -0.368 e. The van der Waals surface area contributed by atoms with Gasteiger partial charge in [0.2, 0.25) is 5.91 Å². The van der Waals surface area contributed by atoms with Gasteiger partial charge in [-0.25, -0.2) is 14.4 Å². The first-order valence-corrected chi connectivity index (χ1v) is 9.17. The van der Waals surface area contributed by atoms with Crippen molar-refractivity contribution in [1.82, 2.24) is 19.4 Å². The lowest BCUT2D eigenvalue weighted by molar-refractivity contribution is -0.118. The summed E-state index contributed by atoms with van der Waals surface area (Å²) >= 11 is 0. The summed E-state index contributed by atoms with van der Waals surface area (Å²) < 4.78 is 15.8. The van der Waals surface area contributed by atoms with E-state index in [1.807, 2.05) is 0 Å². The van der Waals surface area contributed by atoms with Crippen molar-refractivity contribution in [2.75, 3.05) is 13.1 Å². The summed E-state index contributed by atoms with van der Waals surface area (Å²) in [7, 11) is 0. The van der Waals surface area contributed by atoms with E-state index in [0.29, 0.717) is 18.5 Å². The van der Waals surface area contributed by atoms with E-state index < -0.39 is 11.7 Å². The molecule has 0 aliphatic carbocycles. The van der Waals surface area contributed by atoms with Crippen LogP contribution in [0.4, 0.5) is 4.39 Å². The number of carbonyl (C=O) groups is 2. The quantitative estimate of drug-likeness (QED) is 0.749. The number of halogens is 1. The van der Waals surface area contributed by atoms with Crippen LogP contribution in [0.15, 0.2) is 42.7 Å². The molecule has 1 aromatic carbocycles. The lowest BCUT2D eigenvalue weighted by atomic mass is 9.96. The van der Waals surface area contributed by atoms with Gasteiger partial charge in [0.05, 0.1) is 0 Å². The Hall–Kier alpha value is -3.29. The largest absolute Gasteiger partial charge is 0.368 e. The first-order valence-electron chi connectivity index (χ1n) is 9.17. The van der Waals surface area contributed by atoms with Crippen molar-refractivity contribution in [3.63, 3.8) is 0 Å². The Bertz CT molecular complexity index is 1050. The highest BCUT2D eigenvalue weighted by atomic mass is 19.1. The normalized spacial score (nSPS) is 17.0. The number of piperidine rings is 1. The Morgan fingerprint density at radius 2 is 2.11 bits per heavy atom. The second kappa shape index (κ2) is 7.38. The van der Waals surface area contributed by atoms with E-state index in [4.69, 9.17) is 5.73 Å². The van der Waals surface area contributed by atoms with E-state index in [9.17, 15) is 14.0 Å². The van der Waals surface area contributed by atoms with Gasteiger partial charge in [-0.15, -0.1) is 0 Å². The second-order valence-electron chi connectivity index (χ2n) is 6.98. The molecule has 0 bridgehead atoms. The summed E-state index contributed by atoms with van der Waals surface area (Å²) in [6.07, 6.45) is 5.02. The Balaban J connectivity index is 1.56. The molecule has 28 heavy (non-hydrogen) atoms. The van der Waals surface area contributed by atoms with Crippen molar-refractivity contribution in [3.05, 3.63) is 60.1 Å². The van der Waals surface area contributed by atoms with E-state index >= 15 is 0 Å². The van der Waals surface area contributed by atoms with Gasteiger partial charge in [0.25, 0.3) is 5.91 Å². The minimum atomic E-state index is -0.447. The van der Waals surface area contributed by atoms with Crippen LogP contribution in [0.1, 0.15) is 35.1 Å². The topological polar surface area (TPSA) is 94.1 Å². The SMILES string of the molecule is NC(=O)Cn1ccnc1C1CCCN(C(=O)c2ccc3cccc(F)c3n2)C1. The second-order valence-corrected chi connectivity index (χ2v) is 6.98. The number of aromatic nitrogens is 3. The Morgan fingerprint density at radius 1 is 1.25 bits per heavy atom. The molecule has 8 heteroatoms. The Labute approximate surface area is 161 Å². The molecule has 1 fully saturated rings. The van der Waals surface area contributed by atoms with Gasteiger partial charge in [-0.1, -0.05) is 18.2 Å². The van der Waals surface area contributed by atoms with Crippen molar-refractivity contribution in [2.45, 2.75) is 25.3 Å². The molecule has 2 amide bonds. The predicted octanol–water partition coefficient (Wildman–Crippen LogP) is 2.08. The number of nitrogens with two attached hydrogens (primary N) is 1. The number of carbonyl (C=O) groups excluding carboxylic acids is 2. The third kappa shape index (κ3) is 3.45. The molecule has 0 spiro atoms. The Kier molecular flexibility index (Phi) is 4.77. The van der Waals surface area contributed by atoms with Crippen molar-refractivity contribution in [2.24, 2.45) is 5.73 Å². The first kappa shape index (κ1) is 18.1. The number of imidazole rings is 1. The fourth-order valence-electron chi connectivity index (χ4n) is 3.75. The number of amides is 2. The fourth-order valence-corrected chi connectivity index (χ4v) is 3.75. The van der Waals surface area contributed by atoms with E-state index in [2.05, 4.69) is 9.97 Å². The number of para-hydroxylation sites is 1. The van der Waals surface area contributed by atoms with Crippen LogP contribution in [0.5, 0.6) is 0 Å². The van der Waals surface area contributed by atoms with Gasteiger partial charge in [0.15, 0.2) is 0 Å². The molecule has 3 heterocycles. The number of fused-ring (bicyclic) bond motifs is 1. The average Bonchev–Trinajstić information content (AvgIpc) is 3.15. The maximum Gasteiger partial charge on any atom is 0.272 e. The monoisotopic (exact) mass is 381 g/mol. The van der Waals surface area contributed by atoms with Gasteiger partial charge in [-0.05, 0) is 25.0 Å². The maximum absolute atomic E-state index is 14.0. The van der Waals surface area contributed by atoms with Crippen molar-refractivity contribution in [3.8, 4) is 0 Å². The zero-order chi connectivity index (χ0) is 19.7. The van der Waals surface area contributed by atoms with E-state index in [1.165, 1.54) is 6.07 Å². The molecule has 1 aliphatic rings. The van der Waals surface area contributed by atoms with Gasteiger partial charge in [-0.2, -0.15) is 0 Å². The fraction of sp³-hybridized carbons (Fsp3) is 0.300. The molecule has 3 aromatic rings. The summed E-state index contributed by atoms with van der Waals surface area (Å²) in [6, 6.07) is 8.04. The van der Waals surface area contributed by atoms with E-state index in [1.54, 1.807) is 46.1 Å². The summed E-state index contributed by atoms with van der Waals surface area (Å²) in [5.74, 6) is -0.372. The van der Waals surface area contributed by atoms with Crippen LogP contribution in [0, 0.1) is 5.82 Å². The van der Waals surface area contributed by atoms with E-state index in [0.717, 1.165) is 18.7 Å². The number of rotatable bonds is 4. The summed E-state index contributed by atoms with van der Waals surface area (Å²) in [5.41, 5.74) is 5.71. The van der Waals surface area contributed by atoms with Crippen molar-refractivity contribution in [1.29, 1.82) is 0 Å². The minimum absolute atomic E-state index is 0.00393. The van der Waals surface area contributed by atoms with Crippen LogP contribution in [0.3, 0.4) is 0 Å². The number of likely N-dealkylation sites (tertiary alicyclic amines) is 1. The number of nitrogens with zero attached hydrogens (tertiary/aromatic N) is 4. The summed E-state index contributed by atoms with van der Waals surface area (Å²) in [6.45, 7) is 1.12. The van der Waals surface area contributed by atoms with Crippen molar-refractivity contribution >= 4 is 22.7 Å². The zero-order valence-electron chi connectivity index (χ0n) is 15.2. The van der Waals surface area contributed by atoms with Gasteiger partial charge < -0.3 is 15.2 Å². The number of primary amides is 1. The van der Waals surface area contributed by atoms with Crippen LogP contribution in [-0.4, -0.2) is 44.3 Å². The van der Waals surface area contributed by atoms with Crippen LogP contribution in [0.25, 0.3) is 10.9 Å². The van der Waals surface area contributed by atoms with Crippen LogP contribution in [0.2, 0.25) is 0 Å². The lowest BCUT2D eigenvalue weighted by Crippen LogP contribution is -2.40. The maximum atomic E-state index is 14.0. The number of pyridine rings is 1. The molecule has 2 N–H and O–H groups in total. The molecule has 2 aromatic heterocycles. The van der Waals surface area contributed by atoms with Gasteiger partial charge in [0.1, 0.15) is 29.4 Å². The van der Waals surface area contributed by atoms with Gasteiger partial charge in [-0.3, -0.25) is 9.59 Å². The smallest absolute Gasteiger partial charge is 0.272 e. The molecule has 0 saturated carbocycles. The Morgan fingerprint density at radius 3 is 2.93 bits per heavy atom. The average molecular weight is 381 g/mol. The van der Waals surface area contributed by atoms with Gasteiger partial charge >= 0.3 is 0 Å². The third-order valence-corrected chi connectivity index (χ3v) is 5.04. The summed E-state index contributed by atoms with van der Waals surface area (Å²) in [4.78, 5) is 34.6. The molecule has 1 saturated heterocycles. The number of hydrogen-bond acceptors (Lipinski definition) is 4. The zero-order valence-corrected chi connectivity index (χ0v) is 15.2. The molecule has 1 aliphatic heterocycles. The summed E-state index contributed by atoms with van der Waals surface area (Å²) in [5, 5.41) is 0.654. The molecular formula is C20H20FN5O2. The molecule has 0 radical (unpaired) electrons. The number of hydrogen-bond donors (Lipinski definition) is 1. The molecule has 7 nitrogen and oxygen atoms in total. The lowest BCUT2D eigenvalue weighted by Gasteiger charge is -2.32. The predicted molar refractivity (Wildman–Crippen MR) is 101 cm³/mol. The van der Waals surface area contributed by atoms with Crippen molar-refractivity contribution < 1.29 is 14.0 Å². The molecular weight excluding hydrogens is 361 g/mol. The van der Waals surface area contributed by atoms with E-state index in [-0.39, 0.29) is 29.6 Å². The standard InChI is InChI=1S/C20H20FN5O2/c21-15-5-1-3-13-6-7-16(24-18(13)15)20(28)26-9-2-4-14(11-26)19-23-8-10-25(19)12-17(22)27/h1,3,5-8,10,14H,2,4,9,11-12H2,(H2,22,27). The van der Waals surface area contributed by atoms with Crippen LogP contribution < -0.4 is 5.73 Å². The third-order valence-electron chi connectivity index (χ3n) is 5.04. The van der Waals surface area contributed by atoms with Crippen LogP contribution >= 0.6 is 0 Å². The number of benzene rings is 1. The van der Waals surface area contributed by atoms with Crippen LogP contribution in [-0.2, 0) is 11.3 Å². The molecule has 1 unspecified atom stereocenters. The highest BCUT2D eigenvalue weighted by Crippen LogP contribution is 2.27. The molecule has 4 rings (SSSR count). The molecule has 1 atom stereocenters. The highest BCUT2D eigenvalue weighted by molar-refractivity contribution is 5.95. The first-order chi connectivity index (χ1) is 13.5. The van der Waals surface area contributed by atoms with Gasteiger partial charge in [0, 0.05) is 36.8 Å². The highest BCUT2D eigenvalue weighted by Gasteiger charge is 2.29.